The van der Waals surface area contributed by atoms with Crippen LogP contribution in [-0.2, 0) is 4.79 Å². The fourth-order valence-corrected chi connectivity index (χ4v) is 1.82. The average molecular weight is 236 g/mol. The number of nitrogens with zero attached hydrogens (tertiary/aromatic N) is 4. The Balaban J connectivity index is 2.23. The van der Waals surface area contributed by atoms with Gasteiger partial charge in [-0.2, -0.15) is 9.97 Å². The van der Waals surface area contributed by atoms with Crippen LogP contribution < -0.4 is 16.4 Å². The molecule has 0 bridgehead atoms. The van der Waals surface area contributed by atoms with Gasteiger partial charge in [0.05, 0.1) is 6.54 Å². The highest BCUT2D eigenvalue weighted by molar-refractivity contribution is 5.81. The third-order valence-electron chi connectivity index (χ3n) is 2.75. The minimum absolute atomic E-state index is 0.0678. The predicted octanol–water partition coefficient (Wildman–Crippen LogP) is -0.690. The molecule has 1 aliphatic heterocycles. The molecule has 4 N–H and O–H groups in total. The van der Waals surface area contributed by atoms with Crippen molar-refractivity contribution in [2.45, 2.75) is 6.42 Å². The molecule has 1 amide bonds. The number of rotatable bonds is 1. The number of carbonyl (C=O) groups excluding carboxylic acids is 1. The summed E-state index contributed by atoms with van der Waals surface area (Å²) in [6.45, 7) is 1.81. The van der Waals surface area contributed by atoms with Gasteiger partial charge in [-0.3, -0.25) is 4.79 Å². The normalized spacial score (nSPS) is 17.1. The molecule has 0 atom stereocenters. The summed E-state index contributed by atoms with van der Waals surface area (Å²) in [5.74, 6) is 1.12. The maximum Gasteiger partial charge on any atom is 0.241 e. The Labute approximate surface area is 99.4 Å². The molecule has 0 spiro atoms. The van der Waals surface area contributed by atoms with E-state index in [2.05, 4.69) is 9.97 Å². The molecule has 0 aliphatic carbocycles. The summed E-state index contributed by atoms with van der Waals surface area (Å²) in [5, 5.41) is 0. The second kappa shape index (κ2) is 4.44. The van der Waals surface area contributed by atoms with Gasteiger partial charge in [-0.05, 0) is 6.42 Å². The van der Waals surface area contributed by atoms with Crippen molar-refractivity contribution in [2.24, 2.45) is 0 Å². The van der Waals surface area contributed by atoms with Crippen LogP contribution in [0.4, 0.5) is 17.6 Å². The van der Waals surface area contributed by atoms with Gasteiger partial charge in [-0.1, -0.05) is 0 Å². The van der Waals surface area contributed by atoms with Crippen molar-refractivity contribution < 1.29 is 4.79 Å². The van der Waals surface area contributed by atoms with E-state index in [1.807, 2.05) is 4.90 Å². The summed E-state index contributed by atoms with van der Waals surface area (Å²) in [5.41, 5.74) is 11.2. The molecule has 92 valence electrons. The van der Waals surface area contributed by atoms with Crippen molar-refractivity contribution in [2.75, 3.05) is 43.0 Å². The van der Waals surface area contributed by atoms with Crippen LogP contribution in [0.1, 0.15) is 6.42 Å². The molecule has 1 aliphatic rings. The molecular formula is C10H16N6O. The van der Waals surface area contributed by atoms with Crippen LogP contribution in [0, 0.1) is 0 Å². The maximum absolute atomic E-state index is 11.7. The fourth-order valence-electron chi connectivity index (χ4n) is 1.82. The standard InChI is InChI=1S/C10H16N6O/c1-15-3-2-4-16(6-9(15)17)8-5-7(11)13-10(12)14-8/h5H,2-4,6H2,1H3,(H4,11,12,13,14). The van der Waals surface area contributed by atoms with E-state index < -0.39 is 0 Å². The molecule has 0 radical (unpaired) electrons. The number of aromatic nitrogens is 2. The Morgan fingerprint density at radius 1 is 1.29 bits per heavy atom. The van der Waals surface area contributed by atoms with Crippen molar-refractivity contribution in [3.05, 3.63) is 6.07 Å². The third kappa shape index (κ3) is 2.55. The minimum atomic E-state index is 0.0678. The number of hydrogen-bond donors (Lipinski definition) is 2. The van der Waals surface area contributed by atoms with Crippen LogP contribution in [0.2, 0.25) is 0 Å². The van der Waals surface area contributed by atoms with Gasteiger partial charge in [0.1, 0.15) is 11.6 Å². The second-order valence-electron chi connectivity index (χ2n) is 4.10. The Morgan fingerprint density at radius 3 is 2.76 bits per heavy atom. The van der Waals surface area contributed by atoms with E-state index in [0.717, 1.165) is 19.5 Å². The Bertz CT molecular complexity index is 415. The number of amides is 1. The van der Waals surface area contributed by atoms with Gasteiger partial charge in [0.15, 0.2) is 0 Å². The highest BCUT2D eigenvalue weighted by Gasteiger charge is 2.20. The molecular weight excluding hydrogens is 220 g/mol. The van der Waals surface area contributed by atoms with E-state index in [1.165, 1.54) is 0 Å². The molecule has 2 rings (SSSR count). The van der Waals surface area contributed by atoms with Crippen LogP contribution in [0.5, 0.6) is 0 Å². The van der Waals surface area contributed by atoms with Gasteiger partial charge in [0, 0.05) is 26.2 Å². The van der Waals surface area contributed by atoms with Crippen molar-refractivity contribution in [1.82, 2.24) is 14.9 Å². The predicted molar refractivity (Wildman–Crippen MR) is 65.3 cm³/mol. The SMILES string of the molecule is CN1CCCN(c2cc(N)nc(N)n2)CC1=O. The van der Waals surface area contributed by atoms with E-state index in [-0.39, 0.29) is 11.9 Å². The second-order valence-corrected chi connectivity index (χ2v) is 4.10. The van der Waals surface area contributed by atoms with Gasteiger partial charge >= 0.3 is 0 Å². The number of hydrogen-bond acceptors (Lipinski definition) is 6. The number of nitrogens with two attached hydrogens (primary N) is 2. The summed E-state index contributed by atoms with van der Waals surface area (Å²) in [6.07, 6.45) is 0.895. The van der Waals surface area contributed by atoms with E-state index >= 15 is 0 Å². The van der Waals surface area contributed by atoms with E-state index in [9.17, 15) is 4.79 Å². The van der Waals surface area contributed by atoms with Crippen LogP contribution in [0.3, 0.4) is 0 Å². The molecule has 2 heterocycles. The zero-order valence-corrected chi connectivity index (χ0v) is 9.76. The molecule has 1 fully saturated rings. The quantitative estimate of drug-likeness (QED) is 0.669. The van der Waals surface area contributed by atoms with Gasteiger partial charge in [0.25, 0.3) is 0 Å². The average Bonchev–Trinajstić information content (AvgIpc) is 2.40. The van der Waals surface area contributed by atoms with Crippen LogP contribution in [-0.4, -0.2) is 47.5 Å². The van der Waals surface area contributed by atoms with E-state index in [4.69, 9.17) is 11.5 Å². The largest absolute Gasteiger partial charge is 0.383 e. The summed E-state index contributed by atoms with van der Waals surface area (Å²) < 4.78 is 0. The summed E-state index contributed by atoms with van der Waals surface area (Å²) in [6, 6.07) is 1.63. The summed E-state index contributed by atoms with van der Waals surface area (Å²) >= 11 is 0. The molecule has 0 unspecified atom stereocenters. The van der Waals surface area contributed by atoms with Crippen molar-refractivity contribution in [3.63, 3.8) is 0 Å². The van der Waals surface area contributed by atoms with Crippen molar-refractivity contribution >= 4 is 23.5 Å². The number of likely N-dealkylation sites (N-methyl/N-ethyl adjacent to an activating group) is 1. The van der Waals surface area contributed by atoms with Gasteiger partial charge in [-0.25, -0.2) is 0 Å². The highest BCUT2D eigenvalue weighted by atomic mass is 16.2. The molecule has 0 saturated carbocycles. The van der Waals surface area contributed by atoms with Gasteiger partial charge < -0.3 is 21.3 Å². The first-order valence-electron chi connectivity index (χ1n) is 5.45. The summed E-state index contributed by atoms with van der Waals surface area (Å²) in [7, 11) is 1.80. The molecule has 7 heteroatoms. The molecule has 17 heavy (non-hydrogen) atoms. The topological polar surface area (TPSA) is 101 Å². The number of carbonyl (C=O) groups is 1. The Morgan fingerprint density at radius 2 is 2.06 bits per heavy atom. The lowest BCUT2D eigenvalue weighted by Crippen LogP contribution is -2.34. The van der Waals surface area contributed by atoms with E-state index in [0.29, 0.717) is 18.2 Å². The first-order chi connectivity index (χ1) is 8.06. The first-order valence-corrected chi connectivity index (χ1v) is 5.45. The minimum Gasteiger partial charge on any atom is -0.383 e. The zero-order valence-electron chi connectivity index (χ0n) is 9.76. The monoisotopic (exact) mass is 236 g/mol. The van der Waals surface area contributed by atoms with Crippen LogP contribution in [0.15, 0.2) is 6.07 Å². The van der Waals surface area contributed by atoms with Gasteiger partial charge in [-0.15, -0.1) is 0 Å². The molecule has 1 aromatic rings. The third-order valence-corrected chi connectivity index (χ3v) is 2.75. The highest BCUT2D eigenvalue weighted by Crippen LogP contribution is 2.17. The molecule has 1 aromatic heterocycles. The smallest absolute Gasteiger partial charge is 0.241 e. The Kier molecular flexibility index (Phi) is 2.99. The molecule has 1 saturated heterocycles. The number of nitrogen functional groups attached to an aromatic ring is 2. The fraction of sp³-hybridized carbons (Fsp3) is 0.500. The molecule has 0 aromatic carbocycles. The zero-order chi connectivity index (χ0) is 12.4. The van der Waals surface area contributed by atoms with E-state index in [1.54, 1.807) is 18.0 Å². The lowest BCUT2D eigenvalue weighted by Gasteiger charge is -2.20. The van der Waals surface area contributed by atoms with Crippen molar-refractivity contribution in [1.29, 1.82) is 0 Å². The van der Waals surface area contributed by atoms with Crippen LogP contribution >= 0.6 is 0 Å². The Hall–Kier alpha value is -2.05. The summed E-state index contributed by atoms with van der Waals surface area (Å²) in [4.78, 5) is 23.2. The first kappa shape index (κ1) is 11.4. The maximum atomic E-state index is 11.7. The lowest BCUT2D eigenvalue weighted by molar-refractivity contribution is -0.127. The van der Waals surface area contributed by atoms with Crippen LogP contribution in [0.25, 0.3) is 0 Å². The molecule has 7 nitrogen and oxygen atoms in total. The number of anilines is 3. The lowest BCUT2D eigenvalue weighted by atomic mass is 10.4. The van der Waals surface area contributed by atoms with Gasteiger partial charge in [0.2, 0.25) is 11.9 Å². The van der Waals surface area contributed by atoms with Crippen molar-refractivity contribution in [3.8, 4) is 0 Å².